The van der Waals surface area contributed by atoms with Gasteiger partial charge in [0.15, 0.2) is 10.8 Å². The fourth-order valence-corrected chi connectivity index (χ4v) is 2.37. The number of amides is 1. The van der Waals surface area contributed by atoms with Crippen LogP contribution in [0.1, 0.15) is 20.3 Å². The molecule has 0 bridgehead atoms. The number of pyridine rings is 1. The summed E-state index contributed by atoms with van der Waals surface area (Å²) < 4.78 is 1.88. The van der Waals surface area contributed by atoms with Crippen LogP contribution in [0.3, 0.4) is 0 Å². The first-order valence-electron chi connectivity index (χ1n) is 5.96. The van der Waals surface area contributed by atoms with E-state index in [1.165, 1.54) is 11.8 Å². The zero-order valence-corrected chi connectivity index (χ0v) is 11.3. The summed E-state index contributed by atoms with van der Waals surface area (Å²) >= 11 is 1.42. The van der Waals surface area contributed by atoms with Gasteiger partial charge in [-0.05, 0) is 25.5 Å². The van der Waals surface area contributed by atoms with E-state index in [0.29, 0.717) is 6.54 Å². The second-order valence-corrected chi connectivity index (χ2v) is 5.27. The quantitative estimate of drug-likeness (QED) is 0.836. The minimum Gasteiger partial charge on any atom is -0.355 e. The molecular formula is C12H16N4OS. The van der Waals surface area contributed by atoms with Gasteiger partial charge in [-0.3, -0.25) is 9.20 Å². The van der Waals surface area contributed by atoms with Gasteiger partial charge in [0.1, 0.15) is 0 Å². The number of carbonyl (C=O) groups is 1. The highest BCUT2D eigenvalue weighted by Gasteiger charge is 2.16. The number of nitrogens with zero attached hydrogens (tertiary/aromatic N) is 3. The molecule has 0 aromatic carbocycles. The van der Waals surface area contributed by atoms with Crippen molar-refractivity contribution in [3.63, 3.8) is 0 Å². The van der Waals surface area contributed by atoms with E-state index in [4.69, 9.17) is 0 Å². The van der Waals surface area contributed by atoms with E-state index >= 15 is 0 Å². The largest absolute Gasteiger partial charge is 0.355 e. The summed E-state index contributed by atoms with van der Waals surface area (Å²) in [5.41, 5.74) is 0.793. The summed E-state index contributed by atoms with van der Waals surface area (Å²) in [5.74, 6) is 0.0366. The third kappa shape index (κ3) is 2.81. The zero-order chi connectivity index (χ0) is 13.0. The topological polar surface area (TPSA) is 59.3 Å². The maximum atomic E-state index is 11.8. The number of hydrogen-bond acceptors (Lipinski definition) is 4. The standard InChI is InChI=1S/C12H16N4OS/c1-3-7-13-11(17)9(2)18-12-15-14-10-6-4-5-8-16(10)12/h4-6,8-9H,3,7H2,1-2H3,(H,13,17)/t9-/m1/s1. The molecule has 0 aliphatic heterocycles. The molecule has 1 amide bonds. The first-order chi connectivity index (χ1) is 8.72. The first kappa shape index (κ1) is 12.9. The minimum atomic E-state index is -0.177. The van der Waals surface area contributed by atoms with Crippen LogP contribution in [0.4, 0.5) is 0 Å². The number of hydrogen-bond donors (Lipinski definition) is 1. The van der Waals surface area contributed by atoms with Gasteiger partial charge in [-0.25, -0.2) is 0 Å². The summed E-state index contributed by atoms with van der Waals surface area (Å²) in [5, 5.41) is 11.6. The van der Waals surface area contributed by atoms with Gasteiger partial charge in [0.2, 0.25) is 5.91 Å². The van der Waals surface area contributed by atoms with Crippen molar-refractivity contribution in [1.82, 2.24) is 19.9 Å². The lowest BCUT2D eigenvalue weighted by Crippen LogP contribution is -2.31. The first-order valence-corrected chi connectivity index (χ1v) is 6.84. The van der Waals surface area contributed by atoms with Crippen molar-refractivity contribution in [2.45, 2.75) is 30.7 Å². The molecule has 2 aromatic heterocycles. The molecule has 2 aromatic rings. The Kier molecular flexibility index (Phi) is 4.19. The third-order valence-electron chi connectivity index (χ3n) is 2.48. The highest BCUT2D eigenvalue weighted by molar-refractivity contribution is 8.00. The maximum Gasteiger partial charge on any atom is 0.233 e. The number of nitrogens with one attached hydrogen (secondary N) is 1. The van der Waals surface area contributed by atoms with Crippen LogP contribution in [0.15, 0.2) is 29.6 Å². The van der Waals surface area contributed by atoms with Crippen molar-refractivity contribution >= 4 is 23.3 Å². The van der Waals surface area contributed by atoms with Crippen molar-refractivity contribution in [3.8, 4) is 0 Å². The van der Waals surface area contributed by atoms with Crippen LogP contribution < -0.4 is 5.32 Å². The minimum absolute atomic E-state index is 0.0366. The summed E-state index contributed by atoms with van der Waals surface area (Å²) in [4.78, 5) is 11.8. The average molecular weight is 264 g/mol. The Morgan fingerprint density at radius 3 is 3.11 bits per heavy atom. The maximum absolute atomic E-state index is 11.8. The molecule has 1 atom stereocenters. The molecule has 0 saturated carbocycles. The second kappa shape index (κ2) is 5.86. The van der Waals surface area contributed by atoms with Gasteiger partial charge in [-0.1, -0.05) is 24.8 Å². The molecule has 0 unspecified atom stereocenters. The van der Waals surface area contributed by atoms with Crippen LogP contribution in [0.2, 0.25) is 0 Å². The molecule has 1 N–H and O–H groups in total. The molecule has 6 heteroatoms. The number of thioether (sulfide) groups is 1. The number of fused-ring (bicyclic) bond motifs is 1. The van der Waals surface area contributed by atoms with E-state index in [2.05, 4.69) is 15.5 Å². The van der Waals surface area contributed by atoms with E-state index in [-0.39, 0.29) is 11.2 Å². The highest BCUT2D eigenvalue weighted by Crippen LogP contribution is 2.21. The Morgan fingerprint density at radius 1 is 1.50 bits per heavy atom. The Labute approximate surface area is 110 Å². The van der Waals surface area contributed by atoms with Gasteiger partial charge >= 0.3 is 0 Å². The van der Waals surface area contributed by atoms with Gasteiger partial charge in [-0.2, -0.15) is 0 Å². The van der Waals surface area contributed by atoms with Crippen LogP contribution in [0, 0.1) is 0 Å². The summed E-state index contributed by atoms with van der Waals surface area (Å²) in [6, 6.07) is 5.72. The second-order valence-electron chi connectivity index (χ2n) is 3.96. The Morgan fingerprint density at radius 2 is 2.33 bits per heavy atom. The normalized spacial score (nSPS) is 12.6. The molecule has 2 heterocycles. The molecule has 0 aliphatic rings. The van der Waals surface area contributed by atoms with Gasteiger partial charge in [0.05, 0.1) is 5.25 Å². The summed E-state index contributed by atoms with van der Waals surface area (Å²) in [6.07, 6.45) is 2.84. The fraction of sp³-hybridized carbons (Fsp3) is 0.417. The van der Waals surface area contributed by atoms with Gasteiger partial charge in [0.25, 0.3) is 0 Å². The van der Waals surface area contributed by atoms with Crippen molar-refractivity contribution in [3.05, 3.63) is 24.4 Å². The Bertz CT molecular complexity index is 540. The van der Waals surface area contributed by atoms with E-state index < -0.39 is 0 Å². The van der Waals surface area contributed by atoms with E-state index in [0.717, 1.165) is 17.2 Å². The average Bonchev–Trinajstić information content (AvgIpc) is 2.79. The van der Waals surface area contributed by atoms with E-state index in [1.54, 1.807) is 0 Å². The van der Waals surface area contributed by atoms with Crippen LogP contribution >= 0.6 is 11.8 Å². The van der Waals surface area contributed by atoms with Crippen molar-refractivity contribution in [1.29, 1.82) is 0 Å². The van der Waals surface area contributed by atoms with Gasteiger partial charge in [0, 0.05) is 12.7 Å². The smallest absolute Gasteiger partial charge is 0.233 e. The van der Waals surface area contributed by atoms with E-state index in [9.17, 15) is 4.79 Å². The summed E-state index contributed by atoms with van der Waals surface area (Å²) in [7, 11) is 0. The molecule has 0 fully saturated rings. The SMILES string of the molecule is CCCNC(=O)[C@@H](C)Sc1nnc2ccccn12. The molecular weight excluding hydrogens is 248 g/mol. The van der Waals surface area contributed by atoms with Crippen molar-refractivity contribution < 1.29 is 4.79 Å². The molecule has 18 heavy (non-hydrogen) atoms. The Balaban J connectivity index is 2.07. The molecule has 96 valence electrons. The van der Waals surface area contributed by atoms with Crippen LogP contribution in [-0.4, -0.2) is 32.3 Å². The molecule has 5 nitrogen and oxygen atoms in total. The Hall–Kier alpha value is -1.56. The van der Waals surface area contributed by atoms with Gasteiger partial charge in [-0.15, -0.1) is 10.2 Å². The van der Waals surface area contributed by atoms with Crippen molar-refractivity contribution in [2.75, 3.05) is 6.54 Å². The molecule has 0 aliphatic carbocycles. The zero-order valence-electron chi connectivity index (χ0n) is 10.5. The van der Waals surface area contributed by atoms with E-state index in [1.807, 2.05) is 42.6 Å². The van der Waals surface area contributed by atoms with Crippen LogP contribution in [0.5, 0.6) is 0 Å². The number of rotatable bonds is 5. The molecule has 2 rings (SSSR count). The number of carbonyl (C=O) groups excluding carboxylic acids is 1. The monoisotopic (exact) mass is 264 g/mol. The summed E-state index contributed by atoms with van der Waals surface area (Å²) in [6.45, 7) is 4.62. The fourth-order valence-electron chi connectivity index (χ4n) is 1.50. The molecule has 0 radical (unpaired) electrons. The van der Waals surface area contributed by atoms with Crippen molar-refractivity contribution in [2.24, 2.45) is 0 Å². The predicted molar refractivity (Wildman–Crippen MR) is 71.6 cm³/mol. The molecule has 0 spiro atoms. The highest BCUT2D eigenvalue weighted by atomic mass is 32.2. The molecule has 0 saturated heterocycles. The predicted octanol–water partition coefficient (Wildman–Crippen LogP) is 1.74. The third-order valence-corrected chi connectivity index (χ3v) is 3.54. The van der Waals surface area contributed by atoms with Crippen LogP contribution in [0.25, 0.3) is 5.65 Å². The lowest BCUT2D eigenvalue weighted by molar-refractivity contribution is -0.120. The number of aromatic nitrogens is 3. The lowest BCUT2D eigenvalue weighted by atomic mass is 10.4. The lowest BCUT2D eigenvalue weighted by Gasteiger charge is -2.09. The van der Waals surface area contributed by atoms with Crippen LogP contribution in [-0.2, 0) is 4.79 Å². The van der Waals surface area contributed by atoms with Gasteiger partial charge < -0.3 is 5.32 Å².